The van der Waals surface area contributed by atoms with E-state index in [0.29, 0.717) is 36.9 Å². The molecule has 0 unspecified atom stereocenters. The molecule has 144 valence electrons. The fourth-order valence-corrected chi connectivity index (χ4v) is 3.09. The summed E-state index contributed by atoms with van der Waals surface area (Å²) >= 11 is 0. The molecule has 1 heterocycles. The highest BCUT2D eigenvalue weighted by Crippen LogP contribution is 2.30. The first-order chi connectivity index (χ1) is 12.6. The van der Waals surface area contributed by atoms with Gasteiger partial charge in [-0.1, -0.05) is 0 Å². The van der Waals surface area contributed by atoms with Gasteiger partial charge in [0.05, 0.1) is 26.3 Å². The molecule has 2 rings (SSSR count). The van der Waals surface area contributed by atoms with Gasteiger partial charge in [0.1, 0.15) is 0 Å². The van der Waals surface area contributed by atoms with Crippen LogP contribution in [0.5, 0.6) is 11.5 Å². The second kappa shape index (κ2) is 10.7. The maximum atomic E-state index is 12.1. The smallest absolute Gasteiger partial charge is 0.326 e. The minimum Gasteiger partial charge on any atom is -0.490 e. The molecular weight excluding hydrogens is 334 g/mol. The average molecular weight is 364 g/mol. The molecule has 26 heavy (non-hydrogen) atoms. The van der Waals surface area contributed by atoms with E-state index in [1.165, 1.54) is 17.7 Å². The first-order valence-electron chi connectivity index (χ1n) is 9.46. The minimum atomic E-state index is -0.532. The molecule has 3 amide bonds. The van der Waals surface area contributed by atoms with E-state index in [9.17, 15) is 9.59 Å². The number of amides is 3. The third-order valence-corrected chi connectivity index (χ3v) is 4.28. The van der Waals surface area contributed by atoms with Crippen LogP contribution in [-0.2, 0) is 4.79 Å². The summed E-state index contributed by atoms with van der Waals surface area (Å²) in [6.45, 7) is 7.12. The van der Waals surface area contributed by atoms with E-state index in [0.717, 1.165) is 25.9 Å². The van der Waals surface area contributed by atoms with E-state index in [1.807, 2.05) is 13.8 Å². The Kier molecular flexibility index (Phi) is 8.21. The molecule has 0 atom stereocenters. The molecule has 1 aliphatic rings. The summed E-state index contributed by atoms with van der Waals surface area (Å²) in [7, 11) is 0. The minimum absolute atomic E-state index is 0.254. The van der Waals surface area contributed by atoms with Gasteiger partial charge in [-0.05, 0) is 51.7 Å². The van der Waals surface area contributed by atoms with E-state index < -0.39 is 6.03 Å². The third-order valence-electron chi connectivity index (χ3n) is 4.28. The Balaban J connectivity index is 1.87. The van der Waals surface area contributed by atoms with E-state index in [2.05, 4.69) is 10.6 Å². The fraction of sp³-hybridized carbons (Fsp3) is 0.579. The Labute approximate surface area is 155 Å². The average Bonchev–Trinajstić information content (AvgIpc) is 2.86. The Hall–Kier alpha value is -2.28. The molecule has 0 aromatic heterocycles. The number of likely N-dealkylation sites (tertiary alicyclic amines) is 1. The molecule has 7 nitrogen and oxygen atoms in total. The molecule has 0 bridgehead atoms. The van der Waals surface area contributed by atoms with Crippen LogP contribution < -0.4 is 25.0 Å². The lowest BCUT2D eigenvalue weighted by Crippen LogP contribution is -3.13. The zero-order valence-corrected chi connectivity index (χ0v) is 15.7. The van der Waals surface area contributed by atoms with Gasteiger partial charge in [0.15, 0.2) is 18.0 Å². The van der Waals surface area contributed by atoms with Crippen molar-refractivity contribution in [1.82, 2.24) is 5.32 Å². The molecule has 0 spiro atoms. The van der Waals surface area contributed by atoms with Crippen molar-refractivity contribution in [2.24, 2.45) is 0 Å². The third kappa shape index (κ3) is 6.55. The largest absolute Gasteiger partial charge is 0.490 e. The lowest BCUT2D eigenvalue weighted by atomic mass is 10.2. The van der Waals surface area contributed by atoms with Gasteiger partial charge in [-0.3, -0.25) is 10.1 Å². The fourth-order valence-electron chi connectivity index (χ4n) is 3.09. The SMILES string of the molecule is CCOc1ccc(NC(=O)NC(=O)C[NH+]2CCCCCC2)cc1OCC. The van der Waals surface area contributed by atoms with Crippen LogP contribution in [0.25, 0.3) is 0 Å². The van der Waals surface area contributed by atoms with Crippen molar-refractivity contribution in [3.63, 3.8) is 0 Å². The number of quaternary nitrogens is 1. The van der Waals surface area contributed by atoms with Crippen molar-refractivity contribution in [2.75, 3.05) is 38.2 Å². The molecule has 7 heteroatoms. The van der Waals surface area contributed by atoms with Gasteiger partial charge in [-0.25, -0.2) is 4.79 Å². The molecule has 1 fully saturated rings. The number of hydrogen-bond acceptors (Lipinski definition) is 4. The molecule has 1 aromatic carbocycles. The maximum Gasteiger partial charge on any atom is 0.326 e. The highest BCUT2D eigenvalue weighted by molar-refractivity contribution is 6.01. The van der Waals surface area contributed by atoms with Crippen LogP contribution in [0.3, 0.4) is 0 Å². The van der Waals surface area contributed by atoms with Gasteiger partial charge in [0.2, 0.25) is 0 Å². The molecule has 1 aliphatic heterocycles. The van der Waals surface area contributed by atoms with E-state index in [-0.39, 0.29) is 5.91 Å². The van der Waals surface area contributed by atoms with E-state index >= 15 is 0 Å². The van der Waals surface area contributed by atoms with Crippen LogP contribution in [0.15, 0.2) is 18.2 Å². The van der Waals surface area contributed by atoms with Crippen LogP contribution in [0.1, 0.15) is 39.5 Å². The van der Waals surface area contributed by atoms with Crippen molar-refractivity contribution in [3.05, 3.63) is 18.2 Å². The lowest BCUT2D eigenvalue weighted by Gasteiger charge is -2.16. The topological polar surface area (TPSA) is 81.1 Å². The molecule has 1 saturated heterocycles. The van der Waals surface area contributed by atoms with Crippen LogP contribution in [0.4, 0.5) is 10.5 Å². The van der Waals surface area contributed by atoms with Gasteiger partial charge < -0.3 is 19.7 Å². The molecule has 3 N–H and O–H groups in total. The molecule has 0 aliphatic carbocycles. The van der Waals surface area contributed by atoms with Gasteiger partial charge in [0, 0.05) is 11.8 Å². The first-order valence-corrected chi connectivity index (χ1v) is 9.46. The Morgan fingerprint density at radius 3 is 2.31 bits per heavy atom. The van der Waals surface area contributed by atoms with Crippen molar-refractivity contribution in [3.8, 4) is 11.5 Å². The van der Waals surface area contributed by atoms with Crippen LogP contribution in [0, 0.1) is 0 Å². The Morgan fingerprint density at radius 2 is 1.65 bits per heavy atom. The molecule has 0 saturated carbocycles. The Bertz CT molecular complexity index is 598. The van der Waals surface area contributed by atoms with Crippen LogP contribution in [0.2, 0.25) is 0 Å². The molecule has 0 radical (unpaired) electrons. The van der Waals surface area contributed by atoms with Crippen molar-refractivity contribution in [2.45, 2.75) is 39.5 Å². The number of nitrogens with one attached hydrogen (secondary N) is 3. The number of hydrogen-bond donors (Lipinski definition) is 3. The number of benzene rings is 1. The van der Waals surface area contributed by atoms with Gasteiger partial charge in [-0.2, -0.15) is 0 Å². The number of anilines is 1. The summed E-state index contributed by atoms with van der Waals surface area (Å²) in [5.74, 6) is 0.934. The number of rotatable bonds is 7. The monoisotopic (exact) mass is 364 g/mol. The standard InChI is InChI=1S/C19H29N3O4/c1-3-25-16-10-9-15(13-17(16)26-4-2)20-19(24)21-18(23)14-22-11-7-5-6-8-12-22/h9-10,13H,3-8,11-12,14H2,1-2H3,(H2,20,21,23,24)/p+1. The van der Waals surface area contributed by atoms with Gasteiger partial charge in [-0.15, -0.1) is 0 Å². The summed E-state index contributed by atoms with van der Waals surface area (Å²) < 4.78 is 11.0. The number of urea groups is 1. The zero-order valence-electron chi connectivity index (χ0n) is 15.7. The maximum absolute atomic E-state index is 12.1. The summed E-state index contributed by atoms with van der Waals surface area (Å²) in [5.41, 5.74) is 0.546. The predicted octanol–water partition coefficient (Wildman–Crippen LogP) is 1.59. The Morgan fingerprint density at radius 1 is 1.00 bits per heavy atom. The quantitative estimate of drug-likeness (QED) is 0.686. The van der Waals surface area contributed by atoms with E-state index in [1.54, 1.807) is 18.2 Å². The number of ether oxygens (including phenoxy) is 2. The van der Waals surface area contributed by atoms with Crippen LogP contribution >= 0.6 is 0 Å². The van der Waals surface area contributed by atoms with E-state index in [4.69, 9.17) is 9.47 Å². The zero-order chi connectivity index (χ0) is 18.8. The first kappa shape index (κ1) is 20.0. The second-order valence-electron chi connectivity index (χ2n) is 6.37. The lowest BCUT2D eigenvalue weighted by molar-refractivity contribution is -0.891. The van der Waals surface area contributed by atoms with Crippen molar-refractivity contribution in [1.29, 1.82) is 0 Å². The summed E-state index contributed by atoms with van der Waals surface area (Å²) in [6.07, 6.45) is 4.74. The number of carbonyl (C=O) groups excluding carboxylic acids is 2. The summed E-state index contributed by atoms with van der Waals surface area (Å²) in [5, 5.41) is 5.08. The van der Waals surface area contributed by atoms with Gasteiger partial charge in [0.25, 0.3) is 5.91 Å². The van der Waals surface area contributed by atoms with Gasteiger partial charge >= 0.3 is 6.03 Å². The number of carbonyl (C=O) groups is 2. The second-order valence-corrected chi connectivity index (χ2v) is 6.37. The highest BCUT2D eigenvalue weighted by Gasteiger charge is 2.18. The predicted molar refractivity (Wildman–Crippen MR) is 100.0 cm³/mol. The summed E-state index contributed by atoms with van der Waals surface area (Å²) in [6, 6.07) is 4.62. The van der Waals surface area contributed by atoms with Crippen molar-refractivity contribution < 1.29 is 24.0 Å². The number of imide groups is 1. The van der Waals surface area contributed by atoms with Crippen molar-refractivity contribution >= 4 is 17.6 Å². The van der Waals surface area contributed by atoms with Crippen LogP contribution in [-0.4, -0.2) is 44.8 Å². The highest BCUT2D eigenvalue weighted by atomic mass is 16.5. The molecular formula is C19H30N3O4+. The summed E-state index contributed by atoms with van der Waals surface area (Å²) in [4.78, 5) is 25.4. The normalized spacial score (nSPS) is 15.0. The molecule has 1 aromatic rings.